The zero-order valence-electron chi connectivity index (χ0n) is 25.4. The van der Waals surface area contributed by atoms with E-state index in [9.17, 15) is 34.2 Å². The van der Waals surface area contributed by atoms with E-state index in [1.807, 2.05) is 0 Å². The van der Waals surface area contributed by atoms with Crippen LogP contribution in [-0.4, -0.2) is 81.3 Å². The van der Waals surface area contributed by atoms with Crippen LogP contribution in [-0.2, 0) is 23.9 Å². The molecule has 12 nitrogen and oxygen atoms in total. The lowest BCUT2D eigenvalue weighted by molar-refractivity contribution is -0.154. The topological polar surface area (TPSA) is 188 Å². The first-order chi connectivity index (χ1) is 19.3. The summed E-state index contributed by atoms with van der Waals surface area (Å²) in [6.07, 6.45) is 3.99. The minimum absolute atomic E-state index is 0.121. The fourth-order valence-electron chi connectivity index (χ4n) is 8.18. The molecular weight excluding hydrogens is 544 g/mol. The number of hydrogen-bond donors (Lipinski definition) is 5. The van der Waals surface area contributed by atoms with E-state index >= 15 is 0 Å². The number of alkyl carbamates (subject to hydrolysis) is 1. The Hall–Kier alpha value is -2.73. The largest absolute Gasteiger partial charge is 0.445 e. The number of fused-ring (bicyclic) bond motifs is 3. The van der Waals surface area contributed by atoms with Crippen LogP contribution >= 0.6 is 0 Å². The molecule has 1 aliphatic heterocycles. The second kappa shape index (κ2) is 9.90. The number of ether oxygens (including phenoxy) is 1. The molecule has 4 saturated carbocycles. The summed E-state index contributed by atoms with van der Waals surface area (Å²) in [5.41, 5.74) is 4.10. The minimum Gasteiger partial charge on any atom is -0.445 e. The number of ketones is 1. The normalized spacial score (nSPS) is 35.1. The zero-order valence-corrected chi connectivity index (χ0v) is 25.4. The van der Waals surface area contributed by atoms with Crippen molar-refractivity contribution in [1.82, 2.24) is 15.5 Å². The van der Waals surface area contributed by atoms with Gasteiger partial charge in [0.15, 0.2) is 5.79 Å². The van der Waals surface area contributed by atoms with Crippen LogP contribution in [0, 0.1) is 39.9 Å². The van der Waals surface area contributed by atoms with Crippen molar-refractivity contribution >= 4 is 29.6 Å². The number of carbonyl (C=O) groups excluding carboxylic acids is 5. The molecule has 1 saturated heterocycles. The highest BCUT2D eigenvalue weighted by Gasteiger charge is 2.75. The highest BCUT2D eigenvalue weighted by molar-refractivity contribution is 6.37. The Morgan fingerprint density at radius 1 is 1.05 bits per heavy atom. The Balaban J connectivity index is 1.33. The third-order valence-corrected chi connectivity index (χ3v) is 10.9. The van der Waals surface area contributed by atoms with E-state index in [0.29, 0.717) is 5.92 Å². The highest BCUT2D eigenvalue weighted by atomic mass is 16.6. The van der Waals surface area contributed by atoms with Crippen molar-refractivity contribution in [3.05, 3.63) is 0 Å². The quantitative estimate of drug-likeness (QED) is 0.193. The van der Waals surface area contributed by atoms with Gasteiger partial charge in [-0.15, -0.1) is 0 Å². The Kier molecular flexibility index (Phi) is 7.24. The Labute approximate surface area is 246 Å². The number of Topliss-reactive ketones (excluding diaryl/α,β-unsaturated/α-hetero) is 1. The molecule has 0 aromatic heterocycles. The number of carbonyl (C=O) groups is 5. The summed E-state index contributed by atoms with van der Waals surface area (Å²) in [4.78, 5) is 66.3. The van der Waals surface area contributed by atoms with Gasteiger partial charge in [-0.05, 0) is 42.9 Å². The number of piperidine rings is 1. The predicted molar refractivity (Wildman–Crippen MR) is 149 cm³/mol. The lowest BCUT2D eigenvalue weighted by atomic mass is 9.70. The number of aliphatic hydroxyl groups is 2. The van der Waals surface area contributed by atoms with Crippen molar-refractivity contribution in [2.45, 2.75) is 110 Å². The van der Waals surface area contributed by atoms with Crippen molar-refractivity contribution in [1.29, 1.82) is 0 Å². The molecule has 6 N–H and O–H groups in total. The van der Waals surface area contributed by atoms with E-state index in [2.05, 4.69) is 31.4 Å². The van der Waals surface area contributed by atoms with Crippen LogP contribution in [0.1, 0.15) is 80.1 Å². The van der Waals surface area contributed by atoms with Gasteiger partial charge in [0.25, 0.3) is 5.91 Å². The van der Waals surface area contributed by atoms with Gasteiger partial charge in [-0.2, -0.15) is 0 Å². The molecule has 4 amide bonds. The second-order valence-corrected chi connectivity index (χ2v) is 15.5. The van der Waals surface area contributed by atoms with Crippen molar-refractivity contribution in [2.24, 2.45) is 45.7 Å². The van der Waals surface area contributed by atoms with Crippen LogP contribution < -0.4 is 16.4 Å². The molecule has 5 fully saturated rings. The average Bonchev–Trinajstić information content (AvgIpc) is 3.60. The average molecular weight is 591 g/mol. The smallest absolute Gasteiger partial charge is 0.408 e. The third kappa shape index (κ3) is 5.18. The van der Waals surface area contributed by atoms with Crippen molar-refractivity contribution < 1.29 is 38.9 Å². The molecular formula is C30H46N4O8. The van der Waals surface area contributed by atoms with E-state index in [-0.39, 0.29) is 35.8 Å². The number of nitrogens with zero attached hydrogens (tertiary/aromatic N) is 1. The van der Waals surface area contributed by atoms with Crippen LogP contribution in [0.15, 0.2) is 0 Å². The molecule has 8 atom stereocenters. The maximum Gasteiger partial charge on any atom is 0.408 e. The molecule has 1 heterocycles. The molecule has 0 spiro atoms. The molecule has 0 aromatic carbocycles. The lowest BCUT2D eigenvalue weighted by Gasteiger charge is -2.42. The first-order valence-electron chi connectivity index (χ1n) is 15.2. The number of amides is 4. The number of nitrogens with one attached hydrogen (secondary N) is 2. The van der Waals surface area contributed by atoms with Gasteiger partial charge in [0, 0.05) is 23.3 Å². The summed E-state index contributed by atoms with van der Waals surface area (Å²) in [7, 11) is 0. The molecule has 0 aromatic rings. The molecule has 2 bridgehead atoms. The van der Waals surface area contributed by atoms with Gasteiger partial charge in [0.2, 0.25) is 17.6 Å². The minimum atomic E-state index is -2.15. The van der Waals surface area contributed by atoms with Crippen LogP contribution in [0.2, 0.25) is 0 Å². The summed E-state index contributed by atoms with van der Waals surface area (Å²) in [5, 5.41) is 26.2. The summed E-state index contributed by atoms with van der Waals surface area (Å²) in [6, 6.07) is -3.57. The fourth-order valence-corrected chi connectivity index (χ4v) is 8.18. The zero-order chi connectivity index (χ0) is 31.2. The fraction of sp³-hybridized carbons (Fsp3) is 0.833. The number of nitrogens with two attached hydrogens (primary N) is 1. The molecule has 5 rings (SSSR count). The summed E-state index contributed by atoms with van der Waals surface area (Å²) in [6.45, 7) is 11.6. The monoisotopic (exact) mass is 590 g/mol. The SMILES string of the molecule is CC12CCC(C1)C(C)(C)C2OC(=O)N[C@H](C(=O)N1C[C@H]2[C@@H]([C@H]1C(=O)NC(CC1CC1)C(=O)C(N)=O)C2(O)O)C(C)(C)C. The predicted octanol–water partition coefficient (Wildman–Crippen LogP) is 0.819. The maximum absolute atomic E-state index is 14.1. The maximum atomic E-state index is 14.1. The molecule has 5 aliphatic rings. The van der Waals surface area contributed by atoms with E-state index in [1.165, 1.54) is 4.90 Å². The number of likely N-dealkylation sites (tertiary alicyclic amines) is 1. The van der Waals surface area contributed by atoms with Gasteiger partial charge in [-0.1, -0.05) is 54.4 Å². The van der Waals surface area contributed by atoms with Gasteiger partial charge < -0.3 is 36.2 Å². The van der Waals surface area contributed by atoms with Gasteiger partial charge in [0.05, 0.1) is 12.0 Å². The molecule has 4 aliphatic carbocycles. The van der Waals surface area contributed by atoms with Gasteiger partial charge >= 0.3 is 6.09 Å². The van der Waals surface area contributed by atoms with E-state index in [1.54, 1.807) is 20.8 Å². The summed E-state index contributed by atoms with van der Waals surface area (Å²) in [5.74, 6) is -6.72. The van der Waals surface area contributed by atoms with E-state index < -0.39 is 70.8 Å². The van der Waals surface area contributed by atoms with Gasteiger partial charge in [0.1, 0.15) is 18.2 Å². The van der Waals surface area contributed by atoms with Crippen molar-refractivity contribution in [3.63, 3.8) is 0 Å². The van der Waals surface area contributed by atoms with Crippen molar-refractivity contribution in [3.8, 4) is 0 Å². The first-order valence-corrected chi connectivity index (χ1v) is 15.2. The molecule has 4 unspecified atom stereocenters. The van der Waals surface area contributed by atoms with Crippen LogP contribution in [0.5, 0.6) is 0 Å². The van der Waals surface area contributed by atoms with Gasteiger partial charge in [-0.25, -0.2) is 4.79 Å². The lowest BCUT2D eigenvalue weighted by Crippen LogP contribution is -2.61. The van der Waals surface area contributed by atoms with E-state index in [4.69, 9.17) is 10.5 Å². The summed E-state index contributed by atoms with van der Waals surface area (Å²) < 4.78 is 6.02. The molecule has 12 heteroatoms. The number of hydrogen-bond acceptors (Lipinski definition) is 8. The van der Waals surface area contributed by atoms with Gasteiger partial charge in [-0.3, -0.25) is 19.2 Å². The first kappa shape index (κ1) is 30.7. The Bertz CT molecular complexity index is 1190. The number of primary amides is 1. The Morgan fingerprint density at radius 2 is 1.69 bits per heavy atom. The molecule has 42 heavy (non-hydrogen) atoms. The van der Waals surface area contributed by atoms with E-state index in [0.717, 1.165) is 32.1 Å². The summed E-state index contributed by atoms with van der Waals surface area (Å²) >= 11 is 0. The second-order valence-electron chi connectivity index (χ2n) is 15.5. The molecule has 234 valence electrons. The Morgan fingerprint density at radius 3 is 2.21 bits per heavy atom. The van der Waals surface area contributed by atoms with Crippen LogP contribution in [0.3, 0.4) is 0 Å². The van der Waals surface area contributed by atoms with Crippen molar-refractivity contribution in [2.75, 3.05) is 6.54 Å². The van der Waals surface area contributed by atoms with Crippen LogP contribution in [0.25, 0.3) is 0 Å². The third-order valence-electron chi connectivity index (χ3n) is 10.9. The highest BCUT2D eigenvalue weighted by Crippen LogP contribution is 2.63. The molecule has 0 radical (unpaired) electrons. The van der Waals surface area contributed by atoms with Crippen LogP contribution in [0.4, 0.5) is 4.79 Å². The standard InChI is InChI=1S/C30H46N4O8/c1-27(2,3)21(33-26(39)42-25-28(4,5)15-9-10-29(25,6)12-15)24(38)34-13-16-18(30(16,40)41)19(34)23(37)32-17(11-14-7-8-14)20(35)22(31)36/h14-19,21,25,40-41H,7-13H2,1-6H3,(H2,31,36)(H,32,37)(H,33,39)/t15?,16-,17?,18-,19-,21+,25?,29?/m0/s1. The number of rotatable bonds is 9.